The highest BCUT2D eigenvalue weighted by atomic mass is 16.5. The summed E-state index contributed by atoms with van der Waals surface area (Å²) in [7, 11) is 0. The molecule has 2 N–H and O–H groups in total. The van der Waals surface area contributed by atoms with Crippen LogP contribution in [-0.4, -0.2) is 22.4 Å². The van der Waals surface area contributed by atoms with Crippen LogP contribution in [0.15, 0.2) is 23.8 Å². The lowest BCUT2D eigenvalue weighted by molar-refractivity contribution is 0.00674. The summed E-state index contributed by atoms with van der Waals surface area (Å²) >= 11 is 0. The number of aliphatic hydroxyl groups is 1. The maximum absolute atomic E-state index is 10.6. The van der Waals surface area contributed by atoms with Crippen LogP contribution < -0.4 is 4.74 Å². The molecule has 120 valence electrons. The van der Waals surface area contributed by atoms with Crippen molar-refractivity contribution in [3.05, 3.63) is 34.9 Å². The summed E-state index contributed by atoms with van der Waals surface area (Å²) in [5.74, 6) is 1.74. The normalized spacial score (nSPS) is 25.7. The van der Waals surface area contributed by atoms with Gasteiger partial charge >= 0.3 is 0 Å². The highest BCUT2D eigenvalue weighted by Gasteiger charge is 2.45. The molecule has 0 unspecified atom stereocenters. The number of phenols is 1. The average molecular weight is 302 g/mol. The summed E-state index contributed by atoms with van der Waals surface area (Å²) < 4.78 is 6.27. The fourth-order valence-corrected chi connectivity index (χ4v) is 4.08. The zero-order valence-corrected chi connectivity index (χ0v) is 13.7. The van der Waals surface area contributed by atoms with Crippen molar-refractivity contribution in [1.82, 2.24) is 0 Å². The van der Waals surface area contributed by atoms with E-state index in [0.717, 1.165) is 48.1 Å². The molecule has 2 atom stereocenters. The largest absolute Gasteiger partial charge is 0.508 e. The van der Waals surface area contributed by atoms with Crippen molar-refractivity contribution in [2.45, 2.75) is 58.0 Å². The molecule has 0 saturated carbocycles. The van der Waals surface area contributed by atoms with E-state index in [2.05, 4.69) is 32.9 Å². The van der Waals surface area contributed by atoms with Crippen molar-refractivity contribution in [2.24, 2.45) is 5.92 Å². The summed E-state index contributed by atoms with van der Waals surface area (Å²) in [4.78, 5) is 0. The van der Waals surface area contributed by atoms with E-state index < -0.39 is 0 Å². The zero-order chi connectivity index (χ0) is 15.9. The Morgan fingerprint density at radius 3 is 2.77 bits per heavy atom. The van der Waals surface area contributed by atoms with Crippen molar-refractivity contribution < 1.29 is 14.9 Å². The molecule has 0 saturated heterocycles. The molecule has 3 nitrogen and oxygen atoms in total. The van der Waals surface area contributed by atoms with Gasteiger partial charge in [0.25, 0.3) is 0 Å². The van der Waals surface area contributed by atoms with Crippen LogP contribution in [-0.2, 0) is 6.42 Å². The topological polar surface area (TPSA) is 49.7 Å². The molecule has 0 radical (unpaired) electrons. The zero-order valence-electron chi connectivity index (χ0n) is 13.7. The van der Waals surface area contributed by atoms with Crippen molar-refractivity contribution in [3.8, 4) is 11.5 Å². The minimum Gasteiger partial charge on any atom is -0.508 e. The van der Waals surface area contributed by atoms with E-state index in [0.29, 0.717) is 11.7 Å². The van der Waals surface area contributed by atoms with Gasteiger partial charge in [-0.3, -0.25) is 0 Å². The number of aryl methyl sites for hydroxylation is 1. The van der Waals surface area contributed by atoms with Gasteiger partial charge in [-0.15, -0.1) is 0 Å². The Morgan fingerprint density at radius 2 is 2.09 bits per heavy atom. The molecule has 22 heavy (non-hydrogen) atoms. The molecular weight excluding hydrogens is 276 g/mol. The Bertz CT molecular complexity index is 601. The quantitative estimate of drug-likeness (QED) is 0.832. The standard InChI is InChI=1S/C19H26O3/c1-4-5-12-9-16(21)18-14-8-13(11-20)6-7-15(14)19(2,3)22-17(18)10-12/h6,9-10,14-15,20-21H,4-5,7-8,11H2,1-3H3/t14-,15-/m1/s1. The SMILES string of the molecule is CCCc1cc(O)c2c(c1)OC(C)(C)[C@@H]1CC=C(CO)C[C@@H]21. The Balaban J connectivity index is 2.07. The maximum Gasteiger partial charge on any atom is 0.127 e. The van der Waals surface area contributed by atoms with E-state index in [-0.39, 0.29) is 18.1 Å². The third-order valence-electron chi connectivity index (χ3n) is 5.19. The number of hydrogen-bond donors (Lipinski definition) is 2. The fourth-order valence-electron chi connectivity index (χ4n) is 4.08. The minimum absolute atomic E-state index is 0.106. The molecule has 1 aromatic rings. The molecule has 0 spiro atoms. The van der Waals surface area contributed by atoms with Gasteiger partial charge in [-0.1, -0.05) is 19.4 Å². The number of hydrogen-bond acceptors (Lipinski definition) is 3. The number of ether oxygens (including phenoxy) is 1. The molecule has 3 rings (SSSR count). The highest BCUT2D eigenvalue weighted by Crippen LogP contribution is 2.54. The van der Waals surface area contributed by atoms with Crippen LogP contribution in [0.25, 0.3) is 0 Å². The van der Waals surface area contributed by atoms with Gasteiger partial charge in [0.15, 0.2) is 0 Å². The van der Waals surface area contributed by atoms with E-state index >= 15 is 0 Å². The maximum atomic E-state index is 10.6. The second-order valence-corrected chi connectivity index (χ2v) is 7.16. The number of aliphatic hydroxyl groups excluding tert-OH is 1. The summed E-state index contributed by atoms with van der Waals surface area (Å²) in [6.07, 6.45) is 5.83. The molecular formula is C19H26O3. The first-order chi connectivity index (χ1) is 10.5. The van der Waals surface area contributed by atoms with Gasteiger partial charge in [-0.2, -0.15) is 0 Å². The van der Waals surface area contributed by atoms with Crippen LogP contribution in [0.5, 0.6) is 11.5 Å². The second kappa shape index (κ2) is 5.62. The average Bonchev–Trinajstić information content (AvgIpc) is 2.45. The van der Waals surface area contributed by atoms with Crippen LogP contribution in [0.2, 0.25) is 0 Å². The number of allylic oxidation sites excluding steroid dienone is 1. The van der Waals surface area contributed by atoms with Crippen LogP contribution in [0.4, 0.5) is 0 Å². The van der Waals surface area contributed by atoms with Crippen LogP contribution >= 0.6 is 0 Å². The minimum atomic E-state index is -0.258. The van der Waals surface area contributed by atoms with Gasteiger partial charge in [0.2, 0.25) is 0 Å². The van der Waals surface area contributed by atoms with Crippen molar-refractivity contribution in [3.63, 3.8) is 0 Å². The molecule has 0 bridgehead atoms. The van der Waals surface area contributed by atoms with Gasteiger partial charge in [-0.05, 0) is 56.4 Å². The number of benzene rings is 1. The summed E-state index contributed by atoms with van der Waals surface area (Å²) in [5, 5.41) is 20.1. The Labute approximate surface area is 132 Å². The smallest absolute Gasteiger partial charge is 0.127 e. The lowest BCUT2D eigenvalue weighted by Gasteiger charge is -2.47. The predicted octanol–water partition coefficient (Wildman–Crippen LogP) is 3.93. The lowest BCUT2D eigenvalue weighted by atomic mass is 9.67. The van der Waals surface area contributed by atoms with Crippen LogP contribution in [0.1, 0.15) is 57.1 Å². The molecule has 1 aromatic carbocycles. The third kappa shape index (κ3) is 2.52. The number of rotatable bonds is 3. The van der Waals surface area contributed by atoms with Crippen LogP contribution in [0.3, 0.4) is 0 Å². The van der Waals surface area contributed by atoms with Crippen molar-refractivity contribution >= 4 is 0 Å². The van der Waals surface area contributed by atoms with E-state index in [1.54, 1.807) is 0 Å². The second-order valence-electron chi connectivity index (χ2n) is 7.16. The van der Waals surface area contributed by atoms with Gasteiger partial charge in [0.1, 0.15) is 17.1 Å². The number of fused-ring (bicyclic) bond motifs is 3. The molecule has 1 aliphatic carbocycles. The Kier molecular flexibility index (Phi) is 3.94. The first-order valence-corrected chi connectivity index (χ1v) is 8.29. The van der Waals surface area contributed by atoms with Gasteiger partial charge < -0.3 is 14.9 Å². The summed E-state index contributed by atoms with van der Waals surface area (Å²) in [6.45, 7) is 6.51. The first kappa shape index (κ1) is 15.4. The van der Waals surface area contributed by atoms with Crippen molar-refractivity contribution in [1.29, 1.82) is 0 Å². The Hall–Kier alpha value is -1.48. The molecule has 2 aliphatic rings. The van der Waals surface area contributed by atoms with Gasteiger partial charge in [0.05, 0.1) is 6.61 Å². The Morgan fingerprint density at radius 1 is 1.32 bits per heavy atom. The van der Waals surface area contributed by atoms with E-state index in [9.17, 15) is 10.2 Å². The predicted molar refractivity (Wildman–Crippen MR) is 87.4 cm³/mol. The van der Waals surface area contributed by atoms with Gasteiger partial charge in [0, 0.05) is 17.4 Å². The molecule has 0 aromatic heterocycles. The molecule has 0 amide bonds. The third-order valence-corrected chi connectivity index (χ3v) is 5.19. The number of phenolic OH excluding ortho intramolecular Hbond substituents is 1. The highest BCUT2D eigenvalue weighted by molar-refractivity contribution is 5.52. The summed E-state index contributed by atoms with van der Waals surface area (Å²) in [5.41, 5.74) is 2.87. The summed E-state index contributed by atoms with van der Waals surface area (Å²) in [6, 6.07) is 3.98. The van der Waals surface area contributed by atoms with Crippen molar-refractivity contribution in [2.75, 3.05) is 6.61 Å². The van der Waals surface area contributed by atoms with E-state index in [1.165, 1.54) is 0 Å². The monoisotopic (exact) mass is 302 g/mol. The lowest BCUT2D eigenvalue weighted by Crippen LogP contribution is -2.45. The fraction of sp³-hybridized carbons (Fsp3) is 0.579. The van der Waals surface area contributed by atoms with E-state index in [1.807, 2.05) is 6.07 Å². The first-order valence-electron chi connectivity index (χ1n) is 8.29. The molecule has 1 heterocycles. The molecule has 0 fully saturated rings. The molecule has 3 heteroatoms. The van der Waals surface area contributed by atoms with E-state index in [4.69, 9.17) is 4.74 Å². The van der Waals surface area contributed by atoms with Crippen LogP contribution in [0, 0.1) is 5.92 Å². The van der Waals surface area contributed by atoms with Gasteiger partial charge in [-0.25, -0.2) is 0 Å². The number of aromatic hydroxyl groups is 1. The molecule has 1 aliphatic heterocycles.